The molecule has 1 saturated carbocycles. The molecule has 0 radical (unpaired) electrons. The molecular formula is C12H13ClN2O. The quantitative estimate of drug-likeness (QED) is 0.595. The maximum absolute atomic E-state index is 12.1. The molecule has 1 fully saturated rings. The number of aromatic nitrogens is 1. The summed E-state index contributed by atoms with van der Waals surface area (Å²) in [5, 5.41) is 0.347. The van der Waals surface area contributed by atoms with Crippen molar-refractivity contribution in [1.29, 1.82) is 0 Å². The molecule has 1 amide bonds. The van der Waals surface area contributed by atoms with Crippen LogP contribution in [0.25, 0.3) is 0 Å². The molecule has 16 heavy (non-hydrogen) atoms. The molecule has 3 nitrogen and oxygen atoms in total. The van der Waals surface area contributed by atoms with Crippen molar-refractivity contribution < 1.29 is 4.79 Å². The number of carbonyl (C=O) groups is 1. The molecule has 0 bridgehead atoms. The highest BCUT2D eigenvalue weighted by molar-refractivity contribution is 6.29. The van der Waals surface area contributed by atoms with Crippen LogP contribution in [0.2, 0.25) is 5.15 Å². The van der Waals surface area contributed by atoms with Crippen molar-refractivity contribution in [1.82, 2.24) is 9.88 Å². The molecule has 4 heteroatoms. The molecular weight excluding hydrogens is 224 g/mol. The minimum atomic E-state index is -0.0649. The van der Waals surface area contributed by atoms with Crippen molar-refractivity contribution in [3.8, 4) is 0 Å². The van der Waals surface area contributed by atoms with Crippen molar-refractivity contribution in [2.24, 2.45) is 0 Å². The summed E-state index contributed by atoms with van der Waals surface area (Å²) in [5.74, 6) is -0.0649. The molecule has 0 N–H and O–H groups in total. The van der Waals surface area contributed by atoms with Crippen molar-refractivity contribution in [3.63, 3.8) is 0 Å². The van der Waals surface area contributed by atoms with E-state index in [-0.39, 0.29) is 5.91 Å². The number of rotatable bonds is 4. The highest BCUT2D eigenvalue weighted by Gasteiger charge is 2.32. The Kier molecular flexibility index (Phi) is 3.25. The van der Waals surface area contributed by atoms with Gasteiger partial charge >= 0.3 is 0 Å². The number of nitrogens with zero attached hydrogens (tertiary/aromatic N) is 2. The second kappa shape index (κ2) is 4.66. The number of carbonyl (C=O) groups excluding carboxylic acids is 1. The standard InChI is InChI=1S/C12H13ClN2O/c1-2-8-15(9-6-7-9)12(16)10-4-3-5-11(13)14-10/h2-5,9H,1,6-8H2. The molecule has 2 rings (SSSR count). The lowest BCUT2D eigenvalue weighted by Crippen LogP contribution is -2.33. The zero-order valence-electron chi connectivity index (χ0n) is 8.90. The molecule has 0 spiro atoms. The Bertz CT molecular complexity index is 415. The Morgan fingerprint density at radius 1 is 1.62 bits per heavy atom. The lowest BCUT2D eigenvalue weighted by atomic mass is 10.3. The van der Waals surface area contributed by atoms with Crippen LogP contribution in [0.15, 0.2) is 30.9 Å². The van der Waals surface area contributed by atoms with Crippen LogP contribution in [0.1, 0.15) is 23.3 Å². The zero-order chi connectivity index (χ0) is 11.5. The van der Waals surface area contributed by atoms with Gasteiger partial charge in [-0.3, -0.25) is 4.79 Å². The maximum Gasteiger partial charge on any atom is 0.273 e. The lowest BCUT2D eigenvalue weighted by Gasteiger charge is -2.19. The molecule has 0 aromatic carbocycles. The van der Waals surface area contributed by atoms with E-state index in [2.05, 4.69) is 11.6 Å². The zero-order valence-corrected chi connectivity index (χ0v) is 9.65. The molecule has 1 heterocycles. The Hall–Kier alpha value is -1.35. The summed E-state index contributed by atoms with van der Waals surface area (Å²) in [6, 6.07) is 5.44. The summed E-state index contributed by atoms with van der Waals surface area (Å²) < 4.78 is 0. The summed E-state index contributed by atoms with van der Waals surface area (Å²) >= 11 is 5.76. The van der Waals surface area contributed by atoms with E-state index in [1.165, 1.54) is 0 Å². The molecule has 1 aromatic rings. The van der Waals surface area contributed by atoms with Crippen molar-refractivity contribution in [2.45, 2.75) is 18.9 Å². The molecule has 0 aliphatic heterocycles. The summed E-state index contributed by atoms with van der Waals surface area (Å²) in [5.41, 5.74) is 0.404. The normalized spacial score (nSPS) is 14.6. The van der Waals surface area contributed by atoms with E-state index in [1.54, 1.807) is 29.2 Å². The van der Waals surface area contributed by atoms with Crippen molar-refractivity contribution in [3.05, 3.63) is 41.7 Å². The molecule has 0 atom stereocenters. The Morgan fingerprint density at radius 2 is 2.38 bits per heavy atom. The van der Waals surface area contributed by atoms with Crippen LogP contribution in [-0.2, 0) is 0 Å². The fraction of sp³-hybridized carbons (Fsp3) is 0.333. The molecule has 0 unspecified atom stereocenters. The smallest absolute Gasteiger partial charge is 0.273 e. The monoisotopic (exact) mass is 236 g/mol. The minimum Gasteiger partial charge on any atom is -0.331 e. The molecule has 1 aliphatic carbocycles. The van der Waals surface area contributed by atoms with E-state index >= 15 is 0 Å². The van der Waals surface area contributed by atoms with Gasteiger partial charge < -0.3 is 4.90 Å². The Morgan fingerprint density at radius 3 is 2.94 bits per heavy atom. The van der Waals surface area contributed by atoms with Crippen molar-refractivity contribution >= 4 is 17.5 Å². The number of hydrogen-bond donors (Lipinski definition) is 0. The number of halogens is 1. The topological polar surface area (TPSA) is 33.2 Å². The number of hydrogen-bond acceptors (Lipinski definition) is 2. The van der Waals surface area contributed by atoms with Crippen LogP contribution in [0.4, 0.5) is 0 Å². The lowest BCUT2D eigenvalue weighted by molar-refractivity contribution is 0.0757. The van der Waals surface area contributed by atoms with Gasteiger partial charge in [-0.05, 0) is 25.0 Å². The maximum atomic E-state index is 12.1. The summed E-state index contributed by atoms with van der Waals surface area (Å²) in [6.07, 6.45) is 3.88. The van der Waals surface area contributed by atoms with Crippen LogP contribution < -0.4 is 0 Å². The van der Waals surface area contributed by atoms with E-state index in [0.717, 1.165) is 12.8 Å². The molecule has 0 saturated heterocycles. The third kappa shape index (κ3) is 2.42. The van der Waals surface area contributed by atoms with Gasteiger partial charge in [0.25, 0.3) is 5.91 Å². The first-order valence-corrected chi connectivity index (χ1v) is 5.64. The predicted octanol–water partition coefficient (Wildman–Crippen LogP) is 2.53. The summed E-state index contributed by atoms with van der Waals surface area (Å²) in [7, 11) is 0. The van der Waals surface area contributed by atoms with Gasteiger partial charge in [-0.2, -0.15) is 0 Å². The second-order valence-electron chi connectivity index (χ2n) is 3.82. The number of pyridine rings is 1. The average molecular weight is 237 g/mol. The predicted molar refractivity (Wildman–Crippen MR) is 63.5 cm³/mol. The molecule has 84 valence electrons. The van der Waals surface area contributed by atoms with Gasteiger partial charge in [0, 0.05) is 12.6 Å². The van der Waals surface area contributed by atoms with Crippen LogP contribution in [0, 0.1) is 0 Å². The Labute approximate surface area is 99.7 Å². The van der Waals surface area contributed by atoms with Gasteiger partial charge in [0.05, 0.1) is 0 Å². The van der Waals surface area contributed by atoms with Gasteiger partial charge in [0.15, 0.2) is 0 Å². The van der Waals surface area contributed by atoms with Gasteiger partial charge in [-0.25, -0.2) is 4.98 Å². The third-order valence-corrected chi connectivity index (χ3v) is 2.72. The van der Waals surface area contributed by atoms with E-state index in [9.17, 15) is 4.79 Å². The number of amides is 1. The first-order chi connectivity index (χ1) is 7.72. The van der Waals surface area contributed by atoms with Gasteiger partial charge in [-0.15, -0.1) is 6.58 Å². The van der Waals surface area contributed by atoms with Gasteiger partial charge in [0.1, 0.15) is 10.8 Å². The van der Waals surface area contributed by atoms with Gasteiger partial charge in [0.2, 0.25) is 0 Å². The highest BCUT2D eigenvalue weighted by Crippen LogP contribution is 2.27. The minimum absolute atomic E-state index is 0.0649. The van der Waals surface area contributed by atoms with E-state index in [4.69, 9.17) is 11.6 Å². The summed E-state index contributed by atoms with van der Waals surface area (Å²) in [4.78, 5) is 17.9. The fourth-order valence-electron chi connectivity index (χ4n) is 1.60. The van der Waals surface area contributed by atoms with Crippen LogP contribution in [0.3, 0.4) is 0 Å². The van der Waals surface area contributed by atoms with Crippen LogP contribution in [-0.4, -0.2) is 28.4 Å². The van der Waals surface area contributed by atoms with Crippen LogP contribution in [0.5, 0.6) is 0 Å². The van der Waals surface area contributed by atoms with E-state index < -0.39 is 0 Å². The average Bonchev–Trinajstić information content (AvgIpc) is 3.09. The SMILES string of the molecule is C=CCN(C(=O)c1cccc(Cl)n1)C1CC1. The Balaban J connectivity index is 2.18. The largest absolute Gasteiger partial charge is 0.331 e. The van der Waals surface area contributed by atoms with Crippen LogP contribution >= 0.6 is 11.6 Å². The van der Waals surface area contributed by atoms with Gasteiger partial charge in [-0.1, -0.05) is 23.7 Å². The van der Waals surface area contributed by atoms with Crippen molar-refractivity contribution in [2.75, 3.05) is 6.54 Å². The summed E-state index contributed by atoms with van der Waals surface area (Å²) in [6.45, 7) is 4.23. The second-order valence-corrected chi connectivity index (χ2v) is 4.21. The molecule has 1 aromatic heterocycles. The van der Waals surface area contributed by atoms with E-state index in [1.807, 2.05) is 0 Å². The van der Waals surface area contributed by atoms with E-state index in [0.29, 0.717) is 23.4 Å². The first-order valence-electron chi connectivity index (χ1n) is 5.27. The molecule has 1 aliphatic rings. The highest BCUT2D eigenvalue weighted by atomic mass is 35.5. The first kappa shape index (κ1) is 11.1. The third-order valence-electron chi connectivity index (χ3n) is 2.51. The fourth-order valence-corrected chi connectivity index (χ4v) is 1.76.